The van der Waals surface area contributed by atoms with Crippen molar-refractivity contribution in [2.75, 3.05) is 7.05 Å². The molecule has 0 saturated carbocycles. The Bertz CT molecular complexity index is 549. The van der Waals surface area contributed by atoms with E-state index in [1.54, 1.807) is 6.07 Å². The molecule has 0 heterocycles. The summed E-state index contributed by atoms with van der Waals surface area (Å²) < 4.78 is 0. The first kappa shape index (κ1) is 14.4. The van der Waals surface area contributed by atoms with Crippen LogP contribution in [0.2, 0.25) is 10.0 Å². The van der Waals surface area contributed by atoms with Gasteiger partial charge in [-0.2, -0.15) is 0 Å². The molecule has 0 aliphatic heterocycles. The second kappa shape index (κ2) is 6.42. The summed E-state index contributed by atoms with van der Waals surface area (Å²) in [4.78, 5) is 0. The van der Waals surface area contributed by atoms with E-state index >= 15 is 0 Å². The molecule has 1 atom stereocenters. The SMILES string of the molecule is CCc1ccc(C(NC)c2cccc(Cl)c2Cl)cc1. The Morgan fingerprint density at radius 1 is 1.05 bits per heavy atom. The van der Waals surface area contributed by atoms with E-state index in [2.05, 4.69) is 36.5 Å². The number of hydrogen-bond acceptors (Lipinski definition) is 1. The first-order chi connectivity index (χ1) is 9.17. The van der Waals surface area contributed by atoms with Crippen LogP contribution in [0.1, 0.15) is 29.7 Å². The van der Waals surface area contributed by atoms with Crippen molar-refractivity contribution in [1.29, 1.82) is 0 Å². The first-order valence-electron chi connectivity index (χ1n) is 6.37. The highest BCUT2D eigenvalue weighted by Crippen LogP contribution is 2.33. The molecule has 0 aliphatic carbocycles. The molecule has 0 radical (unpaired) electrons. The highest BCUT2D eigenvalue weighted by Gasteiger charge is 2.16. The van der Waals surface area contributed by atoms with Crippen LogP contribution in [0.4, 0.5) is 0 Å². The molecule has 2 aromatic carbocycles. The van der Waals surface area contributed by atoms with Gasteiger partial charge in [0.15, 0.2) is 0 Å². The predicted molar refractivity (Wildman–Crippen MR) is 83.2 cm³/mol. The Morgan fingerprint density at radius 2 is 1.74 bits per heavy atom. The lowest BCUT2D eigenvalue weighted by Crippen LogP contribution is -2.18. The normalized spacial score (nSPS) is 12.4. The maximum atomic E-state index is 6.30. The third-order valence-electron chi connectivity index (χ3n) is 3.30. The molecule has 2 aromatic rings. The van der Waals surface area contributed by atoms with E-state index in [9.17, 15) is 0 Å². The topological polar surface area (TPSA) is 12.0 Å². The molecule has 0 fully saturated rings. The van der Waals surface area contributed by atoms with Gasteiger partial charge in [-0.25, -0.2) is 0 Å². The van der Waals surface area contributed by atoms with Gasteiger partial charge in [-0.05, 0) is 36.2 Å². The van der Waals surface area contributed by atoms with Crippen molar-refractivity contribution in [3.63, 3.8) is 0 Å². The van der Waals surface area contributed by atoms with Crippen molar-refractivity contribution < 1.29 is 0 Å². The van der Waals surface area contributed by atoms with Gasteiger partial charge < -0.3 is 5.32 Å². The van der Waals surface area contributed by atoms with Crippen molar-refractivity contribution in [1.82, 2.24) is 5.32 Å². The molecular weight excluding hydrogens is 277 g/mol. The summed E-state index contributed by atoms with van der Waals surface area (Å²) >= 11 is 12.4. The van der Waals surface area contributed by atoms with Crippen LogP contribution < -0.4 is 5.32 Å². The molecule has 1 unspecified atom stereocenters. The maximum absolute atomic E-state index is 6.30. The lowest BCUT2D eigenvalue weighted by atomic mass is 9.97. The number of hydrogen-bond donors (Lipinski definition) is 1. The van der Waals surface area contributed by atoms with Crippen molar-refractivity contribution in [2.45, 2.75) is 19.4 Å². The Kier molecular flexibility index (Phi) is 4.87. The summed E-state index contributed by atoms with van der Waals surface area (Å²) in [6, 6.07) is 14.4. The summed E-state index contributed by atoms with van der Waals surface area (Å²) in [5, 5.41) is 4.50. The number of rotatable bonds is 4. The van der Waals surface area contributed by atoms with Crippen LogP contribution in [0.15, 0.2) is 42.5 Å². The second-order valence-electron chi connectivity index (χ2n) is 4.46. The van der Waals surface area contributed by atoms with Crippen LogP contribution >= 0.6 is 23.2 Å². The van der Waals surface area contributed by atoms with Crippen LogP contribution in [0.5, 0.6) is 0 Å². The van der Waals surface area contributed by atoms with Crippen molar-refractivity contribution in [2.24, 2.45) is 0 Å². The minimum atomic E-state index is 0.0529. The minimum Gasteiger partial charge on any atom is -0.309 e. The monoisotopic (exact) mass is 293 g/mol. The zero-order valence-corrected chi connectivity index (χ0v) is 12.6. The van der Waals surface area contributed by atoms with Crippen LogP contribution in [-0.4, -0.2) is 7.05 Å². The Morgan fingerprint density at radius 3 is 2.32 bits per heavy atom. The highest BCUT2D eigenvalue weighted by atomic mass is 35.5. The molecule has 1 nitrogen and oxygen atoms in total. The van der Waals surface area contributed by atoms with Gasteiger partial charge in [0.2, 0.25) is 0 Å². The zero-order valence-electron chi connectivity index (χ0n) is 11.1. The third-order valence-corrected chi connectivity index (χ3v) is 4.14. The van der Waals surface area contributed by atoms with Crippen LogP contribution in [-0.2, 0) is 6.42 Å². The van der Waals surface area contributed by atoms with Crippen molar-refractivity contribution >= 4 is 23.2 Å². The van der Waals surface area contributed by atoms with E-state index in [-0.39, 0.29) is 6.04 Å². The molecule has 3 heteroatoms. The summed E-state index contributed by atoms with van der Waals surface area (Å²) in [6.07, 6.45) is 1.04. The van der Waals surface area contributed by atoms with E-state index in [0.717, 1.165) is 12.0 Å². The van der Waals surface area contributed by atoms with Gasteiger partial charge in [0.1, 0.15) is 0 Å². The molecule has 100 valence electrons. The van der Waals surface area contributed by atoms with E-state index in [4.69, 9.17) is 23.2 Å². The Hall–Kier alpha value is -1.02. The van der Waals surface area contributed by atoms with Crippen molar-refractivity contribution in [3.8, 4) is 0 Å². The first-order valence-corrected chi connectivity index (χ1v) is 7.13. The summed E-state index contributed by atoms with van der Waals surface area (Å²) in [7, 11) is 1.93. The highest BCUT2D eigenvalue weighted by molar-refractivity contribution is 6.42. The Labute approximate surface area is 124 Å². The number of halogens is 2. The summed E-state index contributed by atoms with van der Waals surface area (Å²) in [6.45, 7) is 2.15. The number of nitrogens with one attached hydrogen (secondary N) is 1. The standard InChI is InChI=1S/C16H17Cl2N/c1-3-11-7-9-12(10-8-11)16(19-2)13-5-4-6-14(17)15(13)18/h4-10,16,19H,3H2,1-2H3. The van der Waals surface area contributed by atoms with Crippen molar-refractivity contribution in [3.05, 3.63) is 69.2 Å². The fourth-order valence-corrected chi connectivity index (χ4v) is 2.61. The Balaban J connectivity index is 2.40. The van der Waals surface area contributed by atoms with Gasteiger partial charge in [0, 0.05) is 0 Å². The molecule has 2 rings (SSSR count). The van der Waals surface area contributed by atoms with Gasteiger partial charge in [0.25, 0.3) is 0 Å². The molecule has 0 spiro atoms. The number of benzene rings is 2. The lowest BCUT2D eigenvalue weighted by Gasteiger charge is -2.19. The van der Waals surface area contributed by atoms with Crippen LogP contribution in [0.25, 0.3) is 0 Å². The minimum absolute atomic E-state index is 0.0529. The fraction of sp³-hybridized carbons (Fsp3) is 0.250. The molecule has 19 heavy (non-hydrogen) atoms. The van der Waals surface area contributed by atoms with Gasteiger partial charge in [-0.3, -0.25) is 0 Å². The molecule has 0 aromatic heterocycles. The van der Waals surface area contributed by atoms with Gasteiger partial charge in [0.05, 0.1) is 16.1 Å². The maximum Gasteiger partial charge on any atom is 0.0643 e. The molecule has 0 saturated heterocycles. The van der Waals surface area contributed by atoms with Crippen LogP contribution in [0, 0.1) is 0 Å². The molecular formula is C16H17Cl2N. The largest absolute Gasteiger partial charge is 0.309 e. The fourth-order valence-electron chi connectivity index (χ4n) is 2.19. The van der Waals surface area contributed by atoms with E-state index in [1.165, 1.54) is 11.1 Å². The van der Waals surface area contributed by atoms with Gasteiger partial charge >= 0.3 is 0 Å². The molecule has 0 amide bonds. The van der Waals surface area contributed by atoms with E-state index in [1.807, 2.05) is 19.2 Å². The smallest absolute Gasteiger partial charge is 0.0643 e. The van der Waals surface area contributed by atoms with Crippen LogP contribution in [0.3, 0.4) is 0 Å². The number of aryl methyl sites for hydroxylation is 1. The second-order valence-corrected chi connectivity index (χ2v) is 5.25. The molecule has 0 aliphatic rings. The quantitative estimate of drug-likeness (QED) is 0.848. The van der Waals surface area contributed by atoms with Gasteiger partial charge in [-0.15, -0.1) is 0 Å². The summed E-state index contributed by atoms with van der Waals surface area (Å²) in [5.41, 5.74) is 3.51. The third kappa shape index (κ3) is 3.11. The molecule has 1 N–H and O–H groups in total. The average Bonchev–Trinajstić information content (AvgIpc) is 2.45. The summed E-state index contributed by atoms with van der Waals surface area (Å²) in [5.74, 6) is 0. The average molecular weight is 294 g/mol. The zero-order chi connectivity index (χ0) is 13.8. The van der Waals surface area contributed by atoms with E-state index < -0.39 is 0 Å². The predicted octanol–water partition coefficient (Wildman–Crippen LogP) is 4.86. The van der Waals surface area contributed by atoms with E-state index in [0.29, 0.717) is 10.0 Å². The van der Waals surface area contributed by atoms with Gasteiger partial charge in [-0.1, -0.05) is 66.5 Å². The molecule has 0 bridgehead atoms. The lowest BCUT2D eigenvalue weighted by molar-refractivity contribution is 0.692.